The van der Waals surface area contributed by atoms with E-state index in [0.29, 0.717) is 18.5 Å². The number of nitrogens with zero attached hydrogens (tertiary/aromatic N) is 1. The molecular weight excluding hydrogens is 218 g/mol. The number of likely N-dealkylation sites (tertiary alicyclic amines) is 1. The van der Waals surface area contributed by atoms with Crippen molar-refractivity contribution in [1.82, 2.24) is 4.90 Å². The molecule has 2 fully saturated rings. The lowest BCUT2D eigenvalue weighted by Gasteiger charge is -2.34. The molecule has 4 nitrogen and oxygen atoms in total. The quantitative estimate of drug-likeness (QED) is 0.779. The second kappa shape index (κ2) is 5.36. The van der Waals surface area contributed by atoms with Gasteiger partial charge in [-0.1, -0.05) is 19.8 Å². The van der Waals surface area contributed by atoms with Gasteiger partial charge in [-0.3, -0.25) is 9.69 Å². The van der Waals surface area contributed by atoms with E-state index in [0.717, 1.165) is 12.8 Å². The summed E-state index contributed by atoms with van der Waals surface area (Å²) in [6.07, 6.45) is 5.58. The molecule has 0 bridgehead atoms. The van der Waals surface area contributed by atoms with Crippen LogP contribution in [0, 0.1) is 11.8 Å². The third kappa shape index (κ3) is 2.63. The Morgan fingerprint density at radius 1 is 1.41 bits per heavy atom. The van der Waals surface area contributed by atoms with Gasteiger partial charge in [0.1, 0.15) is 6.04 Å². The highest BCUT2D eigenvalue weighted by molar-refractivity contribution is 5.74. The normalized spacial score (nSPS) is 35.5. The Morgan fingerprint density at radius 2 is 2.12 bits per heavy atom. The fraction of sp³-hybridized carbons (Fsp3) is 0.923. The second-order valence-electron chi connectivity index (χ2n) is 5.69. The number of fused-ring (bicyclic) bond motifs is 1. The molecule has 2 rings (SSSR count). The van der Waals surface area contributed by atoms with Gasteiger partial charge < -0.3 is 10.2 Å². The third-order valence-corrected chi connectivity index (χ3v) is 4.34. The summed E-state index contributed by atoms with van der Waals surface area (Å²) in [5.41, 5.74) is 0. The Morgan fingerprint density at radius 3 is 2.76 bits per heavy atom. The summed E-state index contributed by atoms with van der Waals surface area (Å²) in [5, 5.41) is 18.5. The van der Waals surface area contributed by atoms with Crippen molar-refractivity contribution >= 4 is 5.97 Å². The van der Waals surface area contributed by atoms with Crippen LogP contribution in [0.3, 0.4) is 0 Å². The van der Waals surface area contributed by atoms with Crippen LogP contribution in [0.15, 0.2) is 0 Å². The number of aliphatic carboxylic acids is 1. The van der Waals surface area contributed by atoms with E-state index < -0.39 is 5.97 Å². The monoisotopic (exact) mass is 241 g/mol. The van der Waals surface area contributed by atoms with E-state index in [4.69, 9.17) is 5.11 Å². The number of carboxylic acids is 1. The molecule has 4 heteroatoms. The minimum absolute atomic E-state index is 0.139. The molecule has 0 spiro atoms. The van der Waals surface area contributed by atoms with Crippen molar-refractivity contribution in [2.24, 2.45) is 11.8 Å². The first-order valence-corrected chi connectivity index (χ1v) is 6.73. The first kappa shape index (κ1) is 12.8. The molecule has 98 valence electrons. The predicted molar refractivity (Wildman–Crippen MR) is 64.7 cm³/mol. The van der Waals surface area contributed by atoms with E-state index in [2.05, 4.69) is 4.90 Å². The molecule has 2 aliphatic rings. The zero-order valence-electron chi connectivity index (χ0n) is 10.5. The summed E-state index contributed by atoms with van der Waals surface area (Å²) in [7, 11) is 0. The summed E-state index contributed by atoms with van der Waals surface area (Å²) in [4.78, 5) is 13.5. The van der Waals surface area contributed by atoms with Crippen LogP contribution in [0.5, 0.6) is 0 Å². The fourth-order valence-corrected chi connectivity index (χ4v) is 3.48. The summed E-state index contributed by atoms with van der Waals surface area (Å²) < 4.78 is 0. The number of rotatable bonds is 4. The van der Waals surface area contributed by atoms with Crippen molar-refractivity contribution in [3.63, 3.8) is 0 Å². The smallest absolute Gasteiger partial charge is 0.320 e. The van der Waals surface area contributed by atoms with Crippen LogP contribution in [-0.2, 0) is 4.79 Å². The summed E-state index contributed by atoms with van der Waals surface area (Å²) >= 11 is 0. The maximum atomic E-state index is 11.3. The van der Waals surface area contributed by atoms with E-state index in [-0.39, 0.29) is 18.6 Å². The largest absolute Gasteiger partial charge is 0.480 e. The molecule has 0 aromatic rings. The number of carboxylic acid groups (broad SMARTS) is 1. The highest BCUT2D eigenvalue weighted by atomic mass is 16.4. The van der Waals surface area contributed by atoms with Crippen molar-refractivity contribution < 1.29 is 15.0 Å². The zero-order valence-corrected chi connectivity index (χ0v) is 10.5. The Kier molecular flexibility index (Phi) is 4.05. The van der Waals surface area contributed by atoms with Crippen LogP contribution in [0.1, 0.15) is 39.0 Å². The lowest BCUT2D eigenvalue weighted by molar-refractivity contribution is -0.143. The van der Waals surface area contributed by atoms with Gasteiger partial charge in [0.15, 0.2) is 0 Å². The van der Waals surface area contributed by atoms with E-state index in [1.165, 1.54) is 19.3 Å². The topological polar surface area (TPSA) is 60.8 Å². The summed E-state index contributed by atoms with van der Waals surface area (Å²) in [6.45, 7) is 2.84. The van der Waals surface area contributed by atoms with E-state index in [1.54, 1.807) is 0 Å². The molecule has 0 radical (unpaired) electrons. The SMILES string of the molecule is CC(CO)CN1C(C(=O)O)CC2CCCCC21. The maximum absolute atomic E-state index is 11.3. The molecule has 4 unspecified atom stereocenters. The van der Waals surface area contributed by atoms with Gasteiger partial charge >= 0.3 is 5.97 Å². The highest BCUT2D eigenvalue weighted by Gasteiger charge is 2.45. The summed E-state index contributed by atoms with van der Waals surface area (Å²) in [6, 6.07) is 0.121. The molecule has 4 atom stereocenters. The van der Waals surface area contributed by atoms with Crippen molar-refractivity contribution in [1.29, 1.82) is 0 Å². The number of aliphatic hydroxyl groups excluding tert-OH is 1. The van der Waals surface area contributed by atoms with Gasteiger partial charge in [-0.05, 0) is 31.1 Å². The Bertz CT molecular complexity index is 282. The molecule has 1 saturated carbocycles. The van der Waals surface area contributed by atoms with Crippen molar-refractivity contribution in [3.8, 4) is 0 Å². The minimum Gasteiger partial charge on any atom is -0.480 e. The van der Waals surface area contributed by atoms with Crippen LogP contribution < -0.4 is 0 Å². The van der Waals surface area contributed by atoms with Crippen LogP contribution in [0.2, 0.25) is 0 Å². The van der Waals surface area contributed by atoms with Gasteiger partial charge in [-0.15, -0.1) is 0 Å². The number of hydrogen-bond acceptors (Lipinski definition) is 3. The predicted octanol–water partition coefficient (Wildman–Crippen LogP) is 1.33. The Labute approximate surface area is 103 Å². The second-order valence-corrected chi connectivity index (χ2v) is 5.69. The van der Waals surface area contributed by atoms with Gasteiger partial charge in [-0.2, -0.15) is 0 Å². The van der Waals surface area contributed by atoms with Crippen molar-refractivity contribution in [2.45, 2.75) is 51.1 Å². The molecule has 2 N–H and O–H groups in total. The first-order chi connectivity index (χ1) is 8.13. The zero-order chi connectivity index (χ0) is 12.4. The van der Waals surface area contributed by atoms with Crippen molar-refractivity contribution in [3.05, 3.63) is 0 Å². The van der Waals surface area contributed by atoms with Gasteiger partial charge in [0.25, 0.3) is 0 Å². The van der Waals surface area contributed by atoms with E-state index >= 15 is 0 Å². The molecular formula is C13H23NO3. The van der Waals surface area contributed by atoms with Crippen molar-refractivity contribution in [2.75, 3.05) is 13.2 Å². The molecule has 0 aromatic carbocycles. The molecule has 0 amide bonds. The summed E-state index contributed by atoms with van der Waals surface area (Å²) in [5.74, 6) is 0.0396. The average molecular weight is 241 g/mol. The van der Waals surface area contributed by atoms with Crippen LogP contribution in [-0.4, -0.2) is 46.3 Å². The van der Waals surface area contributed by atoms with Crippen LogP contribution in [0.25, 0.3) is 0 Å². The van der Waals surface area contributed by atoms with Gasteiger partial charge in [-0.25, -0.2) is 0 Å². The van der Waals surface area contributed by atoms with E-state index in [9.17, 15) is 9.90 Å². The van der Waals surface area contributed by atoms with Gasteiger partial charge in [0.05, 0.1) is 0 Å². The number of hydrogen-bond donors (Lipinski definition) is 2. The molecule has 1 heterocycles. The Balaban J connectivity index is 2.08. The first-order valence-electron chi connectivity index (χ1n) is 6.73. The van der Waals surface area contributed by atoms with Gasteiger partial charge in [0.2, 0.25) is 0 Å². The number of carbonyl (C=O) groups is 1. The number of aliphatic hydroxyl groups is 1. The molecule has 1 aliphatic heterocycles. The lowest BCUT2D eigenvalue weighted by Crippen LogP contribution is -2.44. The van der Waals surface area contributed by atoms with Crippen LogP contribution >= 0.6 is 0 Å². The van der Waals surface area contributed by atoms with Gasteiger partial charge in [0, 0.05) is 19.2 Å². The van der Waals surface area contributed by atoms with E-state index in [1.807, 2.05) is 6.92 Å². The molecule has 1 aliphatic carbocycles. The average Bonchev–Trinajstić information content (AvgIpc) is 2.68. The molecule has 17 heavy (non-hydrogen) atoms. The minimum atomic E-state index is -0.690. The van der Waals surface area contributed by atoms with Crippen LogP contribution in [0.4, 0.5) is 0 Å². The maximum Gasteiger partial charge on any atom is 0.320 e. The third-order valence-electron chi connectivity index (χ3n) is 4.34. The molecule has 1 saturated heterocycles. The lowest BCUT2D eigenvalue weighted by atomic mass is 9.84. The molecule has 0 aromatic heterocycles. The Hall–Kier alpha value is -0.610. The fourth-order valence-electron chi connectivity index (χ4n) is 3.48. The highest BCUT2D eigenvalue weighted by Crippen LogP contribution is 2.40. The standard InChI is InChI=1S/C13H23NO3/c1-9(8-15)7-14-11-5-3-2-4-10(11)6-12(14)13(16)17/h9-12,15H,2-8H2,1H3,(H,16,17).